The number of terminal acetylenes is 1. The number of nitrogens with one attached hydrogen (secondary N) is 1. The third kappa shape index (κ3) is 4.42. The van der Waals surface area contributed by atoms with Crippen LogP contribution < -0.4 is 10.1 Å². The van der Waals surface area contributed by atoms with Crippen molar-refractivity contribution in [3.63, 3.8) is 0 Å². The highest BCUT2D eigenvalue weighted by Crippen LogP contribution is 2.15. The van der Waals surface area contributed by atoms with Crippen LogP contribution in [0.3, 0.4) is 0 Å². The Morgan fingerprint density at radius 1 is 1.33 bits per heavy atom. The highest BCUT2D eigenvalue weighted by molar-refractivity contribution is 5.46. The molecule has 0 atom stereocenters. The summed E-state index contributed by atoms with van der Waals surface area (Å²) >= 11 is 0. The van der Waals surface area contributed by atoms with E-state index in [1.54, 1.807) is 0 Å². The van der Waals surface area contributed by atoms with E-state index in [1.807, 2.05) is 31.2 Å². The van der Waals surface area contributed by atoms with Gasteiger partial charge in [-0.2, -0.15) is 0 Å². The van der Waals surface area contributed by atoms with Crippen LogP contribution in [0.25, 0.3) is 0 Å². The molecule has 1 rings (SSSR count). The van der Waals surface area contributed by atoms with Crippen molar-refractivity contribution in [2.24, 2.45) is 0 Å². The van der Waals surface area contributed by atoms with Crippen LogP contribution in [0.5, 0.6) is 5.75 Å². The van der Waals surface area contributed by atoms with Crippen LogP contribution >= 0.6 is 0 Å². The molecule has 1 aromatic rings. The highest BCUT2D eigenvalue weighted by Gasteiger charge is 1.93. The second kappa shape index (κ2) is 6.78. The molecule has 1 aromatic carbocycles. The first-order valence-electron chi connectivity index (χ1n) is 5.27. The van der Waals surface area contributed by atoms with Gasteiger partial charge in [-0.15, -0.1) is 12.3 Å². The first-order valence-corrected chi connectivity index (χ1v) is 5.27. The molecule has 0 spiro atoms. The lowest BCUT2D eigenvalue weighted by Crippen LogP contribution is -2.00. The summed E-state index contributed by atoms with van der Waals surface area (Å²) in [7, 11) is 0. The SMILES string of the molecule is C#CCCCNc1ccc(OCC)cc1. The number of unbranched alkanes of at least 4 members (excludes halogenated alkanes) is 1. The number of anilines is 1. The van der Waals surface area contributed by atoms with Gasteiger partial charge in [0.2, 0.25) is 0 Å². The Balaban J connectivity index is 2.33. The molecule has 0 aliphatic carbocycles. The van der Waals surface area contributed by atoms with Gasteiger partial charge in [-0.05, 0) is 37.6 Å². The van der Waals surface area contributed by atoms with Crippen LogP contribution in [0.2, 0.25) is 0 Å². The van der Waals surface area contributed by atoms with Gasteiger partial charge in [-0.25, -0.2) is 0 Å². The fourth-order valence-corrected chi connectivity index (χ4v) is 1.26. The minimum absolute atomic E-state index is 0.703. The Morgan fingerprint density at radius 3 is 2.67 bits per heavy atom. The second-order valence-electron chi connectivity index (χ2n) is 3.19. The molecule has 0 bridgehead atoms. The van der Waals surface area contributed by atoms with E-state index >= 15 is 0 Å². The van der Waals surface area contributed by atoms with Crippen LogP contribution in [0.15, 0.2) is 24.3 Å². The van der Waals surface area contributed by atoms with Crippen molar-refractivity contribution in [2.45, 2.75) is 19.8 Å². The first kappa shape index (κ1) is 11.5. The van der Waals surface area contributed by atoms with Crippen LogP contribution in [0.4, 0.5) is 5.69 Å². The normalized spacial score (nSPS) is 9.33. The molecule has 15 heavy (non-hydrogen) atoms. The summed E-state index contributed by atoms with van der Waals surface area (Å²) in [5, 5.41) is 3.30. The van der Waals surface area contributed by atoms with E-state index in [1.165, 1.54) is 0 Å². The minimum atomic E-state index is 0.703. The number of ether oxygens (including phenoxy) is 1. The van der Waals surface area contributed by atoms with Crippen LogP contribution in [-0.2, 0) is 0 Å². The van der Waals surface area contributed by atoms with E-state index in [0.717, 1.165) is 30.8 Å². The highest BCUT2D eigenvalue weighted by atomic mass is 16.5. The summed E-state index contributed by atoms with van der Waals surface area (Å²) in [6.07, 6.45) is 6.99. The predicted molar refractivity (Wildman–Crippen MR) is 64.2 cm³/mol. The maximum absolute atomic E-state index is 5.35. The topological polar surface area (TPSA) is 21.3 Å². The summed E-state index contributed by atoms with van der Waals surface area (Å²) in [4.78, 5) is 0. The van der Waals surface area contributed by atoms with E-state index in [9.17, 15) is 0 Å². The summed E-state index contributed by atoms with van der Waals surface area (Å²) in [5.74, 6) is 3.53. The fraction of sp³-hybridized carbons (Fsp3) is 0.385. The molecule has 0 fully saturated rings. The van der Waals surface area contributed by atoms with Gasteiger partial charge in [-0.1, -0.05) is 0 Å². The molecule has 0 aliphatic rings. The van der Waals surface area contributed by atoms with Crippen LogP contribution in [0.1, 0.15) is 19.8 Å². The lowest BCUT2D eigenvalue weighted by molar-refractivity contribution is 0.340. The van der Waals surface area contributed by atoms with Gasteiger partial charge < -0.3 is 10.1 Å². The first-order chi connectivity index (χ1) is 7.36. The molecule has 2 nitrogen and oxygen atoms in total. The Hall–Kier alpha value is -1.62. The molecule has 0 radical (unpaired) electrons. The molecule has 2 heteroatoms. The van der Waals surface area contributed by atoms with Gasteiger partial charge in [0.25, 0.3) is 0 Å². The third-order valence-corrected chi connectivity index (χ3v) is 1.99. The molecule has 0 aromatic heterocycles. The van der Waals surface area contributed by atoms with Crippen molar-refractivity contribution >= 4 is 5.69 Å². The van der Waals surface area contributed by atoms with Crippen molar-refractivity contribution < 1.29 is 4.74 Å². The zero-order valence-electron chi connectivity index (χ0n) is 9.12. The van der Waals surface area contributed by atoms with E-state index in [2.05, 4.69) is 11.2 Å². The number of hydrogen-bond acceptors (Lipinski definition) is 2. The lowest BCUT2D eigenvalue weighted by atomic mass is 10.2. The molecule has 0 saturated carbocycles. The molecule has 80 valence electrons. The van der Waals surface area contributed by atoms with Gasteiger partial charge in [0.1, 0.15) is 5.75 Å². The van der Waals surface area contributed by atoms with Gasteiger partial charge >= 0.3 is 0 Å². The van der Waals surface area contributed by atoms with Crippen LogP contribution in [0, 0.1) is 12.3 Å². The van der Waals surface area contributed by atoms with Crippen molar-refractivity contribution in [2.75, 3.05) is 18.5 Å². The maximum atomic E-state index is 5.35. The third-order valence-electron chi connectivity index (χ3n) is 1.99. The number of benzene rings is 1. The zero-order chi connectivity index (χ0) is 10.9. The van der Waals surface area contributed by atoms with Crippen LogP contribution in [-0.4, -0.2) is 13.2 Å². The lowest BCUT2D eigenvalue weighted by Gasteiger charge is -2.06. The largest absolute Gasteiger partial charge is 0.494 e. The summed E-state index contributed by atoms with van der Waals surface area (Å²) in [6, 6.07) is 7.96. The smallest absolute Gasteiger partial charge is 0.119 e. The Kier molecular flexibility index (Phi) is 5.18. The number of hydrogen-bond donors (Lipinski definition) is 1. The molecular formula is C13H17NO. The predicted octanol–water partition coefficient (Wildman–Crippen LogP) is 2.91. The van der Waals surface area contributed by atoms with Gasteiger partial charge in [0.15, 0.2) is 0 Å². The standard InChI is InChI=1S/C13H17NO/c1-3-5-6-11-14-12-7-9-13(10-8-12)15-4-2/h1,7-10,14H,4-6,11H2,2H3. The maximum Gasteiger partial charge on any atom is 0.119 e. The average Bonchev–Trinajstić information content (AvgIpc) is 2.27. The van der Waals surface area contributed by atoms with Gasteiger partial charge in [0.05, 0.1) is 6.61 Å². The molecule has 0 unspecified atom stereocenters. The molecule has 0 heterocycles. The Bertz CT molecular complexity index is 310. The summed E-state index contributed by atoms with van der Waals surface area (Å²) in [6.45, 7) is 3.60. The Labute approximate surface area is 91.6 Å². The zero-order valence-corrected chi connectivity index (χ0v) is 9.12. The number of rotatable bonds is 6. The molecule has 0 saturated heterocycles. The monoisotopic (exact) mass is 203 g/mol. The van der Waals surface area contributed by atoms with Crippen molar-refractivity contribution in [3.8, 4) is 18.1 Å². The van der Waals surface area contributed by atoms with Crippen molar-refractivity contribution in [1.82, 2.24) is 0 Å². The van der Waals surface area contributed by atoms with Crippen molar-refractivity contribution in [1.29, 1.82) is 0 Å². The van der Waals surface area contributed by atoms with Crippen molar-refractivity contribution in [3.05, 3.63) is 24.3 Å². The Morgan fingerprint density at radius 2 is 2.07 bits per heavy atom. The molecule has 0 amide bonds. The quantitative estimate of drug-likeness (QED) is 0.567. The van der Waals surface area contributed by atoms with E-state index in [0.29, 0.717) is 6.61 Å². The van der Waals surface area contributed by atoms with E-state index in [-0.39, 0.29) is 0 Å². The van der Waals surface area contributed by atoms with Gasteiger partial charge in [0, 0.05) is 18.7 Å². The molecule has 1 N–H and O–H groups in total. The minimum Gasteiger partial charge on any atom is -0.494 e. The average molecular weight is 203 g/mol. The van der Waals surface area contributed by atoms with E-state index in [4.69, 9.17) is 11.2 Å². The summed E-state index contributed by atoms with van der Waals surface area (Å²) in [5.41, 5.74) is 1.11. The van der Waals surface area contributed by atoms with Gasteiger partial charge in [-0.3, -0.25) is 0 Å². The van der Waals surface area contributed by atoms with E-state index < -0.39 is 0 Å². The molecular weight excluding hydrogens is 186 g/mol. The fourth-order valence-electron chi connectivity index (χ4n) is 1.26. The summed E-state index contributed by atoms with van der Waals surface area (Å²) < 4.78 is 5.35. The second-order valence-corrected chi connectivity index (χ2v) is 3.19. The molecule has 0 aliphatic heterocycles.